The molecule has 2 bridgehead atoms. The first-order valence-corrected chi connectivity index (χ1v) is 10.2. The van der Waals surface area contributed by atoms with E-state index < -0.39 is 0 Å². The van der Waals surface area contributed by atoms with Gasteiger partial charge in [0.15, 0.2) is 0 Å². The van der Waals surface area contributed by atoms with Crippen LogP contribution in [0.3, 0.4) is 0 Å². The third-order valence-electron chi connectivity index (χ3n) is 6.96. The van der Waals surface area contributed by atoms with Crippen LogP contribution in [0, 0.1) is 5.41 Å². The minimum Gasteiger partial charge on any atom is -0.352 e. The van der Waals surface area contributed by atoms with E-state index in [1.807, 2.05) is 30.3 Å². The van der Waals surface area contributed by atoms with E-state index in [4.69, 9.17) is 4.84 Å². The maximum absolute atomic E-state index is 12.8. The molecule has 1 aromatic rings. The van der Waals surface area contributed by atoms with Gasteiger partial charge in [0.1, 0.15) is 12.6 Å². The van der Waals surface area contributed by atoms with Gasteiger partial charge in [-0.05, 0) is 49.5 Å². The molecule has 5 rings (SSSR count). The van der Waals surface area contributed by atoms with Crippen molar-refractivity contribution in [2.45, 2.75) is 69.7 Å². The van der Waals surface area contributed by atoms with Gasteiger partial charge in [0, 0.05) is 12.6 Å². The number of hydrogen-bond acceptors (Lipinski definition) is 3. The summed E-state index contributed by atoms with van der Waals surface area (Å²) in [6.45, 7) is 0.957. The molecule has 4 fully saturated rings. The molecule has 3 amide bonds. The minimum atomic E-state index is -0.350. The summed E-state index contributed by atoms with van der Waals surface area (Å²) in [4.78, 5) is 33.1. The van der Waals surface area contributed by atoms with Crippen molar-refractivity contribution >= 4 is 11.9 Å². The van der Waals surface area contributed by atoms with Gasteiger partial charge in [0.2, 0.25) is 5.91 Å². The summed E-state index contributed by atoms with van der Waals surface area (Å²) < 4.78 is 0. The smallest absolute Gasteiger partial charge is 0.345 e. The van der Waals surface area contributed by atoms with E-state index in [0.29, 0.717) is 31.0 Å². The molecular weight excluding hydrogens is 342 g/mol. The third kappa shape index (κ3) is 3.00. The van der Waals surface area contributed by atoms with Gasteiger partial charge in [-0.3, -0.25) is 9.63 Å². The summed E-state index contributed by atoms with van der Waals surface area (Å²) in [5.74, 6) is 0.0193. The fraction of sp³-hybridized carbons (Fsp3) is 0.619. The summed E-state index contributed by atoms with van der Waals surface area (Å²) in [7, 11) is 0. The molecule has 2 saturated carbocycles. The highest BCUT2D eigenvalue weighted by Gasteiger charge is 2.51. The Balaban J connectivity index is 1.17. The van der Waals surface area contributed by atoms with E-state index in [1.54, 1.807) is 4.90 Å². The fourth-order valence-electron chi connectivity index (χ4n) is 5.26. The van der Waals surface area contributed by atoms with Crippen molar-refractivity contribution < 1.29 is 14.4 Å². The number of carbonyl (C=O) groups excluding carboxylic acids is 2. The van der Waals surface area contributed by atoms with Gasteiger partial charge in [-0.2, -0.15) is 5.06 Å². The van der Waals surface area contributed by atoms with Crippen molar-refractivity contribution in [1.29, 1.82) is 0 Å². The largest absolute Gasteiger partial charge is 0.352 e. The zero-order valence-corrected chi connectivity index (χ0v) is 15.6. The molecule has 2 saturated heterocycles. The predicted molar refractivity (Wildman–Crippen MR) is 99.4 cm³/mol. The highest BCUT2D eigenvalue weighted by atomic mass is 16.7. The zero-order chi connectivity index (χ0) is 18.4. The summed E-state index contributed by atoms with van der Waals surface area (Å²) in [5, 5.41) is 4.69. The average molecular weight is 369 g/mol. The number of fused-ring (bicyclic) bond motifs is 2. The molecule has 2 atom stereocenters. The van der Waals surface area contributed by atoms with Gasteiger partial charge in [-0.25, -0.2) is 4.79 Å². The standard InChI is InChI=1S/C21H27N3O3/c25-19(22-16-11-21(12-16)9-4-10-21)18-8-7-17-13-23(18)20(26)24(17)27-14-15-5-2-1-3-6-15/h1-3,5-6,16-18H,4,7-14H2,(H,22,25)/t17-,18+/m1/s1. The number of nitrogens with zero attached hydrogens (tertiary/aromatic N) is 2. The maximum atomic E-state index is 12.8. The molecule has 6 nitrogen and oxygen atoms in total. The van der Waals surface area contributed by atoms with Crippen LogP contribution >= 0.6 is 0 Å². The number of hydroxylamine groups is 2. The average Bonchev–Trinajstić information content (AvgIpc) is 2.86. The van der Waals surface area contributed by atoms with Crippen LogP contribution in [0.25, 0.3) is 0 Å². The van der Waals surface area contributed by atoms with E-state index >= 15 is 0 Å². The number of hydrogen-bond donors (Lipinski definition) is 1. The van der Waals surface area contributed by atoms with Crippen LogP contribution in [0.15, 0.2) is 30.3 Å². The van der Waals surface area contributed by atoms with E-state index in [-0.39, 0.29) is 24.0 Å². The van der Waals surface area contributed by atoms with Gasteiger partial charge in [0.05, 0.1) is 6.04 Å². The highest BCUT2D eigenvalue weighted by molar-refractivity contribution is 5.88. The lowest BCUT2D eigenvalue weighted by Gasteiger charge is -2.54. The maximum Gasteiger partial charge on any atom is 0.345 e. The Hall–Kier alpha value is -2.08. The van der Waals surface area contributed by atoms with Crippen molar-refractivity contribution in [2.75, 3.05) is 6.54 Å². The molecule has 2 heterocycles. The Labute approximate surface area is 159 Å². The van der Waals surface area contributed by atoms with Gasteiger partial charge in [-0.1, -0.05) is 36.8 Å². The van der Waals surface area contributed by atoms with Gasteiger partial charge in [0.25, 0.3) is 0 Å². The van der Waals surface area contributed by atoms with Crippen LogP contribution in [0.2, 0.25) is 0 Å². The summed E-state index contributed by atoms with van der Waals surface area (Å²) in [6, 6.07) is 9.68. The summed E-state index contributed by atoms with van der Waals surface area (Å²) in [5.41, 5.74) is 1.58. The number of urea groups is 1. The molecule has 4 aliphatic rings. The Morgan fingerprint density at radius 3 is 2.67 bits per heavy atom. The number of benzene rings is 1. The fourth-order valence-corrected chi connectivity index (χ4v) is 5.26. The topological polar surface area (TPSA) is 61.9 Å². The van der Waals surface area contributed by atoms with Crippen LogP contribution in [-0.4, -0.2) is 46.6 Å². The molecule has 2 aliphatic heterocycles. The van der Waals surface area contributed by atoms with Gasteiger partial charge < -0.3 is 10.2 Å². The SMILES string of the molecule is O=C(NC1CC2(CCC2)C1)[C@@H]1CC[C@@H]2CN1C(=O)N2OCc1ccccc1. The summed E-state index contributed by atoms with van der Waals surface area (Å²) >= 11 is 0. The van der Waals surface area contributed by atoms with E-state index in [2.05, 4.69) is 5.32 Å². The number of nitrogens with one attached hydrogen (secondary N) is 1. The number of amides is 3. The molecule has 6 heteroatoms. The second-order valence-corrected chi connectivity index (χ2v) is 8.73. The first-order valence-electron chi connectivity index (χ1n) is 10.2. The second kappa shape index (κ2) is 6.51. The highest BCUT2D eigenvalue weighted by Crippen LogP contribution is 2.55. The number of rotatable bonds is 5. The Morgan fingerprint density at radius 1 is 1.19 bits per heavy atom. The molecule has 1 N–H and O–H groups in total. The van der Waals surface area contributed by atoms with Crippen molar-refractivity contribution in [3.63, 3.8) is 0 Å². The normalized spacial score (nSPS) is 28.8. The van der Waals surface area contributed by atoms with Crippen LogP contribution in [-0.2, 0) is 16.2 Å². The minimum absolute atomic E-state index is 0.0193. The van der Waals surface area contributed by atoms with E-state index in [0.717, 1.165) is 24.8 Å². The first kappa shape index (κ1) is 17.0. The van der Waals surface area contributed by atoms with Crippen molar-refractivity contribution in [1.82, 2.24) is 15.3 Å². The molecule has 0 unspecified atom stereocenters. The second-order valence-electron chi connectivity index (χ2n) is 8.73. The van der Waals surface area contributed by atoms with Gasteiger partial charge >= 0.3 is 6.03 Å². The Bertz CT molecular complexity index is 725. The van der Waals surface area contributed by atoms with Crippen molar-refractivity contribution in [3.8, 4) is 0 Å². The number of carbonyl (C=O) groups is 2. The lowest BCUT2D eigenvalue weighted by molar-refractivity contribution is -0.140. The molecule has 2 aliphatic carbocycles. The third-order valence-corrected chi connectivity index (χ3v) is 6.96. The Kier molecular flexibility index (Phi) is 4.11. The van der Waals surface area contributed by atoms with Crippen LogP contribution in [0.5, 0.6) is 0 Å². The molecule has 27 heavy (non-hydrogen) atoms. The van der Waals surface area contributed by atoms with Crippen molar-refractivity contribution in [3.05, 3.63) is 35.9 Å². The Morgan fingerprint density at radius 2 is 1.96 bits per heavy atom. The quantitative estimate of drug-likeness (QED) is 0.868. The predicted octanol–water partition coefficient (Wildman–Crippen LogP) is 2.84. The molecule has 0 aromatic heterocycles. The van der Waals surface area contributed by atoms with Gasteiger partial charge in [-0.15, -0.1) is 0 Å². The van der Waals surface area contributed by atoms with E-state index in [1.165, 1.54) is 24.3 Å². The molecule has 0 radical (unpaired) electrons. The molecule has 1 aromatic carbocycles. The molecule has 1 spiro atoms. The van der Waals surface area contributed by atoms with E-state index in [9.17, 15) is 9.59 Å². The van der Waals surface area contributed by atoms with Crippen molar-refractivity contribution in [2.24, 2.45) is 5.41 Å². The number of piperidine rings is 1. The first-order chi connectivity index (χ1) is 13.1. The van der Waals surface area contributed by atoms with Crippen LogP contribution in [0.4, 0.5) is 4.79 Å². The monoisotopic (exact) mass is 369 g/mol. The molecule has 144 valence electrons. The lowest BCUT2D eigenvalue weighted by atomic mass is 9.54. The lowest BCUT2D eigenvalue weighted by Crippen LogP contribution is -2.58. The zero-order valence-electron chi connectivity index (χ0n) is 15.6. The van der Waals surface area contributed by atoms with Crippen LogP contribution < -0.4 is 5.32 Å². The molecular formula is C21H27N3O3. The summed E-state index contributed by atoms with van der Waals surface area (Å²) in [6.07, 6.45) is 7.75. The van der Waals surface area contributed by atoms with Crippen LogP contribution in [0.1, 0.15) is 50.5 Å².